The highest BCUT2D eigenvalue weighted by molar-refractivity contribution is 7.88. The van der Waals surface area contributed by atoms with Gasteiger partial charge in [-0.05, 0) is 42.2 Å². The van der Waals surface area contributed by atoms with E-state index in [-0.39, 0.29) is 47.6 Å². The number of fused-ring (bicyclic) bond motifs is 1. The van der Waals surface area contributed by atoms with Crippen LogP contribution in [0.5, 0.6) is 0 Å². The van der Waals surface area contributed by atoms with Crippen LogP contribution in [0.25, 0.3) is 0 Å². The number of rotatable bonds is 11. The molecule has 5 N–H and O–H groups in total. The lowest BCUT2D eigenvalue weighted by Gasteiger charge is -2.33. The average Bonchev–Trinajstić information content (AvgIpc) is 3.56. The van der Waals surface area contributed by atoms with Gasteiger partial charge in [0.25, 0.3) is 0 Å². The molecule has 1 heterocycles. The number of likely N-dealkylation sites (tertiary alicyclic amines) is 1. The second-order valence-corrected chi connectivity index (χ2v) is 13.3. The first kappa shape index (κ1) is 31.0. The minimum Gasteiger partial charge on any atom is -0.384 e. The van der Waals surface area contributed by atoms with Crippen LogP contribution in [-0.2, 0) is 31.9 Å². The summed E-state index contributed by atoms with van der Waals surface area (Å²) in [5.74, 6) is -0.322. The molecule has 3 fully saturated rings. The zero-order valence-corrected chi connectivity index (χ0v) is 24.8. The van der Waals surface area contributed by atoms with Crippen LogP contribution in [0.4, 0.5) is 0 Å². The number of nitrogen functional groups attached to an aromatic ring is 1. The molecule has 1 aliphatic heterocycles. The Morgan fingerprint density at radius 3 is 2.32 bits per heavy atom. The third-order valence-electron chi connectivity index (χ3n) is 8.75. The van der Waals surface area contributed by atoms with E-state index in [9.17, 15) is 18.0 Å². The number of nitrogens with zero attached hydrogens (tertiary/aromatic N) is 1. The zero-order chi connectivity index (χ0) is 28.3. The van der Waals surface area contributed by atoms with Crippen LogP contribution in [0.1, 0.15) is 68.1 Å². The van der Waals surface area contributed by atoms with Gasteiger partial charge in [-0.1, -0.05) is 86.7 Å². The van der Waals surface area contributed by atoms with Crippen LogP contribution in [-0.4, -0.2) is 49.1 Å². The van der Waals surface area contributed by atoms with Crippen molar-refractivity contribution in [2.45, 2.75) is 75.2 Å². The third-order valence-corrected chi connectivity index (χ3v) is 10.1. The molecule has 2 aromatic carbocycles. The molecule has 2 aromatic rings. The summed E-state index contributed by atoms with van der Waals surface area (Å²) in [4.78, 5) is 29.2. The van der Waals surface area contributed by atoms with Crippen molar-refractivity contribution in [3.63, 3.8) is 0 Å². The highest BCUT2D eigenvalue weighted by atomic mass is 35.5. The molecule has 2 amide bonds. The molecule has 2 aliphatic carbocycles. The summed E-state index contributed by atoms with van der Waals surface area (Å²) in [6.07, 6.45) is 7.11. The van der Waals surface area contributed by atoms with E-state index in [4.69, 9.17) is 11.1 Å². The number of amidine groups is 1. The van der Waals surface area contributed by atoms with Gasteiger partial charge < -0.3 is 16.0 Å². The predicted molar refractivity (Wildman–Crippen MR) is 161 cm³/mol. The molecule has 3 aliphatic rings. The van der Waals surface area contributed by atoms with Crippen molar-refractivity contribution in [2.24, 2.45) is 17.6 Å². The first-order valence-electron chi connectivity index (χ1n) is 14.2. The Labute approximate surface area is 248 Å². The normalized spacial score (nSPS) is 22.7. The molecule has 0 radical (unpaired) electrons. The first-order valence-corrected chi connectivity index (χ1v) is 15.9. The summed E-state index contributed by atoms with van der Waals surface area (Å²) in [6, 6.07) is 15.2. The van der Waals surface area contributed by atoms with Crippen LogP contribution < -0.4 is 15.8 Å². The number of hydrogen-bond donors (Lipinski definition) is 4. The van der Waals surface area contributed by atoms with Crippen molar-refractivity contribution in [3.8, 4) is 0 Å². The largest absolute Gasteiger partial charge is 0.384 e. The van der Waals surface area contributed by atoms with Gasteiger partial charge in [0.2, 0.25) is 21.8 Å². The molecule has 11 heteroatoms. The Bertz CT molecular complexity index is 1350. The van der Waals surface area contributed by atoms with E-state index in [1.807, 2.05) is 18.2 Å². The molecule has 9 nitrogen and oxygen atoms in total. The second-order valence-electron chi connectivity index (χ2n) is 11.6. The van der Waals surface area contributed by atoms with Crippen molar-refractivity contribution in [3.05, 3.63) is 71.3 Å². The number of carbonyl (C=O) groups is 2. The molecule has 0 aromatic heterocycles. The summed E-state index contributed by atoms with van der Waals surface area (Å²) in [7, 11) is -3.78. The number of carbonyl (C=O) groups excluding carboxylic acids is 2. The Kier molecular flexibility index (Phi) is 9.77. The molecule has 5 rings (SSSR count). The lowest BCUT2D eigenvalue weighted by molar-refractivity contribution is -0.142. The van der Waals surface area contributed by atoms with Crippen LogP contribution in [0.2, 0.25) is 0 Å². The second kappa shape index (κ2) is 12.9. The highest BCUT2D eigenvalue weighted by Crippen LogP contribution is 2.56. The number of halogens is 1. The van der Waals surface area contributed by atoms with Crippen LogP contribution in [0.15, 0.2) is 54.6 Å². The topological polar surface area (TPSA) is 145 Å². The fraction of sp³-hybridized carbons (Fsp3) is 0.500. The van der Waals surface area contributed by atoms with E-state index in [0.29, 0.717) is 37.1 Å². The van der Waals surface area contributed by atoms with E-state index in [2.05, 4.69) is 10.0 Å². The molecular weight excluding hydrogens is 562 g/mol. The van der Waals surface area contributed by atoms with Crippen LogP contribution >= 0.6 is 12.4 Å². The summed E-state index contributed by atoms with van der Waals surface area (Å²) in [6.45, 7) is 0.745. The maximum Gasteiger partial charge on any atom is 0.246 e. The van der Waals surface area contributed by atoms with Crippen molar-refractivity contribution in [1.82, 2.24) is 14.9 Å². The van der Waals surface area contributed by atoms with Gasteiger partial charge >= 0.3 is 0 Å². The van der Waals surface area contributed by atoms with Gasteiger partial charge in [-0.2, -0.15) is 0 Å². The van der Waals surface area contributed by atoms with Gasteiger partial charge in [0.05, 0.1) is 5.75 Å². The Hall–Kier alpha value is -2.95. The van der Waals surface area contributed by atoms with E-state index in [1.165, 1.54) is 6.42 Å². The van der Waals surface area contributed by atoms with Gasteiger partial charge in [0.15, 0.2) is 0 Å². The summed E-state index contributed by atoms with van der Waals surface area (Å²) < 4.78 is 29.2. The number of sulfonamides is 1. The van der Waals surface area contributed by atoms with E-state index in [0.717, 1.165) is 37.7 Å². The molecule has 0 bridgehead atoms. The predicted octanol–water partition coefficient (Wildman–Crippen LogP) is 3.46. The molecular formula is C30H40ClN5O4S. The maximum absolute atomic E-state index is 14.1. The maximum atomic E-state index is 14.1. The van der Waals surface area contributed by atoms with E-state index in [1.54, 1.807) is 41.3 Å². The van der Waals surface area contributed by atoms with Crippen LogP contribution in [0, 0.1) is 17.2 Å². The summed E-state index contributed by atoms with van der Waals surface area (Å²) in [5, 5.41) is 10.5. The van der Waals surface area contributed by atoms with Crippen molar-refractivity contribution >= 4 is 40.1 Å². The minimum absolute atomic E-state index is 0. The monoisotopic (exact) mass is 601 g/mol. The van der Waals surface area contributed by atoms with Gasteiger partial charge in [-0.15, -0.1) is 12.4 Å². The zero-order valence-electron chi connectivity index (χ0n) is 23.2. The number of benzene rings is 2. The van der Waals surface area contributed by atoms with Crippen LogP contribution in [0.3, 0.4) is 0 Å². The highest BCUT2D eigenvalue weighted by Gasteiger charge is 2.68. The number of piperidine rings is 1. The Morgan fingerprint density at radius 1 is 1.00 bits per heavy atom. The third kappa shape index (κ3) is 7.10. The summed E-state index contributed by atoms with van der Waals surface area (Å²) in [5.41, 5.74) is 6.76. The van der Waals surface area contributed by atoms with Gasteiger partial charge in [0, 0.05) is 18.7 Å². The average molecular weight is 602 g/mol. The Morgan fingerprint density at radius 2 is 1.68 bits per heavy atom. The van der Waals surface area contributed by atoms with Gasteiger partial charge in [-0.3, -0.25) is 15.0 Å². The molecule has 3 atom stereocenters. The van der Waals surface area contributed by atoms with Gasteiger partial charge in [-0.25, -0.2) is 13.1 Å². The SMILES string of the molecule is Cl.N=C(N)c1ccc(CNC(=O)[C@]23C[C@H]2CCN3C(=O)[C@@H](CC2CCCCC2)NS(=O)(=O)Cc2ccccc2)cc1. The molecule has 0 unspecified atom stereocenters. The molecule has 222 valence electrons. The Balaban J connectivity index is 0.00000387. The lowest BCUT2D eigenvalue weighted by Crippen LogP contribution is -2.56. The quantitative estimate of drug-likeness (QED) is 0.230. The van der Waals surface area contributed by atoms with Crippen molar-refractivity contribution in [1.29, 1.82) is 5.41 Å². The number of nitrogens with one attached hydrogen (secondary N) is 3. The van der Waals surface area contributed by atoms with Crippen molar-refractivity contribution < 1.29 is 18.0 Å². The fourth-order valence-corrected chi connectivity index (χ4v) is 7.86. The standard InChI is InChI=1S/C30H39N5O4S.ClH/c31-27(32)24-13-11-22(12-14-24)19-33-29(37)30-18-25(30)15-16-35(30)28(36)26(17-21-7-3-1-4-8-21)34-40(38,39)20-23-9-5-2-6-10-23;/h2,5-6,9-14,21,25-26,34H,1,3-4,7-8,15-20H2,(H3,31,32)(H,33,37);1H/t25-,26-,30+;/m1./s1. The molecule has 2 saturated carbocycles. The van der Waals surface area contributed by atoms with Crippen molar-refractivity contribution in [2.75, 3.05) is 6.54 Å². The number of hydrogen-bond acceptors (Lipinski definition) is 5. The van der Waals surface area contributed by atoms with Gasteiger partial charge in [0.1, 0.15) is 17.4 Å². The molecule has 1 saturated heterocycles. The van der Waals surface area contributed by atoms with E-state index < -0.39 is 21.6 Å². The first-order chi connectivity index (χ1) is 19.2. The lowest BCUT2D eigenvalue weighted by atomic mass is 9.84. The number of amides is 2. The fourth-order valence-electron chi connectivity index (χ4n) is 6.51. The smallest absolute Gasteiger partial charge is 0.246 e. The van der Waals surface area contributed by atoms with E-state index >= 15 is 0 Å². The molecule has 41 heavy (non-hydrogen) atoms. The minimum atomic E-state index is -3.78. The number of nitrogens with two attached hydrogens (primary N) is 1. The summed E-state index contributed by atoms with van der Waals surface area (Å²) >= 11 is 0. The molecule has 0 spiro atoms.